The zero-order valence-electron chi connectivity index (χ0n) is 26.9. The fourth-order valence-electron chi connectivity index (χ4n) is 4.08. The summed E-state index contributed by atoms with van der Waals surface area (Å²) in [6, 6.07) is 6.99. The van der Waals surface area contributed by atoms with E-state index in [-0.39, 0.29) is 12.8 Å². The van der Waals surface area contributed by atoms with E-state index in [4.69, 9.17) is 4.74 Å². The van der Waals surface area contributed by atoms with Crippen LogP contribution in [-0.4, -0.2) is 78.4 Å². The van der Waals surface area contributed by atoms with Crippen molar-refractivity contribution in [3.8, 4) is 17.1 Å². The Hall–Kier alpha value is -3.14. The van der Waals surface area contributed by atoms with Gasteiger partial charge in [0.25, 0.3) is 0 Å². The molecule has 0 aliphatic rings. The summed E-state index contributed by atoms with van der Waals surface area (Å²) in [6.07, 6.45) is -29.5. The van der Waals surface area contributed by atoms with Crippen molar-refractivity contribution >= 4 is 0 Å². The van der Waals surface area contributed by atoms with Crippen molar-refractivity contribution in [2.45, 2.75) is 107 Å². The third-order valence-electron chi connectivity index (χ3n) is 6.90. The van der Waals surface area contributed by atoms with E-state index in [1.54, 1.807) is 41.4 Å². The molecule has 0 fully saturated rings. The third kappa shape index (κ3) is 12.2. The number of aryl methyl sites for hydroxylation is 1. The number of hydrogen-bond acceptors (Lipinski definition) is 6. The lowest BCUT2D eigenvalue weighted by molar-refractivity contribution is -0.543. The number of halogens is 16. The molecule has 52 heavy (non-hydrogen) atoms. The first-order chi connectivity index (χ1) is 23.8. The van der Waals surface area contributed by atoms with Crippen LogP contribution in [0, 0.1) is 0 Å². The first-order valence-electron chi connectivity index (χ1n) is 15.3. The van der Waals surface area contributed by atoms with Crippen molar-refractivity contribution in [2.75, 3.05) is 19.8 Å². The van der Waals surface area contributed by atoms with Crippen LogP contribution in [0.25, 0.3) is 11.4 Å². The smallest absolute Gasteiger partial charge is 0.460 e. The Labute approximate surface area is 285 Å². The van der Waals surface area contributed by atoms with Crippen molar-refractivity contribution in [1.82, 2.24) is 9.97 Å². The summed E-state index contributed by atoms with van der Waals surface area (Å²) < 4.78 is 224. The van der Waals surface area contributed by atoms with Gasteiger partial charge in [0.15, 0.2) is 11.6 Å². The Morgan fingerprint density at radius 1 is 0.654 bits per heavy atom. The summed E-state index contributed by atoms with van der Waals surface area (Å²) in [7, 11) is 0. The fourth-order valence-corrected chi connectivity index (χ4v) is 4.08. The van der Waals surface area contributed by atoms with Crippen LogP contribution in [0.15, 0.2) is 36.7 Å². The first-order valence-corrected chi connectivity index (χ1v) is 15.3. The van der Waals surface area contributed by atoms with Crippen LogP contribution in [0.5, 0.6) is 5.75 Å². The number of aromatic nitrogens is 2. The number of alkyl halides is 16. The third-order valence-corrected chi connectivity index (χ3v) is 6.90. The van der Waals surface area contributed by atoms with E-state index in [2.05, 4.69) is 26.4 Å². The molecule has 0 aliphatic carbocycles. The van der Waals surface area contributed by atoms with Crippen LogP contribution in [-0.2, 0) is 20.6 Å². The second kappa shape index (κ2) is 17.8. The van der Waals surface area contributed by atoms with Crippen molar-refractivity contribution < 1.29 is 89.2 Å². The molecule has 1 atom stereocenters. The zero-order valence-corrected chi connectivity index (χ0v) is 26.9. The van der Waals surface area contributed by atoms with Crippen LogP contribution < -0.4 is 4.74 Å². The van der Waals surface area contributed by atoms with Gasteiger partial charge in [0.05, 0.1) is 25.6 Å². The Balaban J connectivity index is 1.79. The molecule has 298 valence electrons. The molecular formula is C30H32F16N2O4. The molecule has 0 amide bonds. The van der Waals surface area contributed by atoms with Gasteiger partial charge in [-0.1, -0.05) is 56.9 Å². The molecule has 0 bridgehead atoms. The van der Waals surface area contributed by atoms with Gasteiger partial charge in [0.1, 0.15) is 12.8 Å². The molecule has 0 saturated carbocycles. The summed E-state index contributed by atoms with van der Waals surface area (Å²) >= 11 is 0. The number of nitrogens with zero attached hydrogens (tertiary/aromatic N) is 2. The molecule has 0 radical (unpaired) electrons. The monoisotopic (exact) mass is 788 g/mol. The van der Waals surface area contributed by atoms with E-state index in [0.717, 1.165) is 31.2 Å². The molecule has 22 heteroatoms. The number of unbranched alkanes of at least 4 members (excludes halogenated alkanes) is 4. The molecule has 1 aromatic carbocycles. The second-order valence-corrected chi connectivity index (χ2v) is 11.2. The molecule has 0 aliphatic heterocycles. The van der Waals surface area contributed by atoms with E-state index in [1.807, 2.05) is 0 Å². The Bertz CT molecular complexity index is 1360. The van der Waals surface area contributed by atoms with E-state index in [1.165, 1.54) is 0 Å². The van der Waals surface area contributed by atoms with E-state index >= 15 is 0 Å². The largest absolute Gasteiger partial charge is 0.490 e. The van der Waals surface area contributed by atoms with Crippen LogP contribution in [0.3, 0.4) is 0 Å². The van der Waals surface area contributed by atoms with Gasteiger partial charge < -0.3 is 9.47 Å². The average molecular weight is 789 g/mol. The molecule has 2 aromatic rings. The topological polar surface area (TPSA) is 62.7 Å². The lowest BCUT2D eigenvalue weighted by atomic mass is 10.0. The zero-order chi connectivity index (χ0) is 39.7. The maximum atomic E-state index is 14.1. The van der Waals surface area contributed by atoms with Crippen LogP contribution in [0.1, 0.15) is 57.4 Å². The maximum absolute atomic E-state index is 14.1. The highest BCUT2D eigenvalue weighted by molar-refractivity contribution is 5.55. The molecule has 1 heterocycles. The van der Waals surface area contributed by atoms with Crippen molar-refractivity contribution in [3.05, 3.63) is 42.2 Å². The lowest BCUT2D eigenvalue weighted by Gasteiger charge is -2.36. The Kier molecular flexibility index (Phi) is 15.4. The molecule has 1 unspecified atom stereocenters. The summed E-state index contributed by atoms with van der Waals surface area (Å²) in [6.45, 7) is -1.07. The van der Waals surface area contributed by atoms with Gasteiger partial charge in [0.2, 0.25) is 0 Å². The Morgan fingerprint density at radius 2 is 1.23 bits per heavy atom. The fraction of sp³-hybridized carbons (Fsp3) is 0.667. The van der Waals surface area contributed by atoms with Gasteiger partial charge in [-0.15, -0.1) is 0 Å². The summed E-state index contributed by atoms with van der Waals surface area (Å²) in [5.41, 5.74) is 1.51. The molecular weight excluding hydrogens is 756 g/mol. The highest BCUT2D eigenvalue weighted by atomic mass is 19.4. The van der Waals surface area contributed by atoms with Gasteiger partial charge in [-0.25, -0.2) is 23.8 Å². The number of rotatable bonds is 23. The molecule has 0 saturated heterocycles. The predicted molar refractivity (Wildman–Crippen MR) is 148 cm³/mol. The van der Waals surface area contributed by atoms with Gasteiger partial charge in [-0.3, -0.25) is 0 Å². The van der Waals surface area contributed by atoms with Crippen molar-refractivity contribution in [1.29, 1.82) is 0 Å². The molecule has 0 spiro atoms. The minimum Gasteiger partial charge on any atom is -0.490 e. The second-order valence-electron chi connectivity index (χ2n) is 11.2. The number of benzene rings is 1. The highest BCUT2D eigenvalue weighted by Gasteiger charge is 2.85. The molecule has 0 N–H and O–H groups in total. The summed E-state index contributed by atoms with van der Waals surface area (Å²) in [5.74, 6) is -14.8. The van der Waals surface area contributed by atoms with Crippen LogP contribution >= 0.6 is 0 Å². The quantitative estimate of drug-likeness (QED) is 0.0826. The number of hydrogen-bond donors (Lipinski definition) is 0. The molecule has 6 nitrogen and oxygen atoms in total. The van der Waals surface area contributed by atoms with Gasteiger partial charge in [0, 0.05) is 5.56 Å². The van der Waals surface area contributed by atoms with E-state index in [0.29, 0.717) is 36.6 Å². The maximum Gasteiger partial charge on any atom is 0.460 e. The highest BCUT2D eigenvalue weighted by Crippen LogP contribution is 2.56. The predicted octanol–water partition coefficient (Wildman–Crippen LogP) is 10.4. The minimum atomic E-state index is -7.95. The van der Waals surface area contributed by atoms with E-state index in [9.17, 15) is 70.2 Å². The Morgan fingerprint density at radius 3 is 1.79 bits per heavy atom. The first kappa shape index (κ1) is 45.0. The lowest BCUT2D eigenvalue weighted by Crippen LogP contribution is -2.64. The number of ether oxygens (including phenoxy) is 4. The summed E-state index contributed by atoms with van der Waals surface area (Å²) in [4.78, 5) is 8.53. The average Bonchev–Trinajstić information content (AvgIpc) is 3.02. The molecule has 1 aromatic heterocycles. The minimum absolute atomic E-state index is 0.135. The molecule has 2 rings (SSSR count). The van der Waals surface area contributed by atoms with Crippen LogP contribution in [0.4, 0.5) is 70.2 Å². The summed E-state index contributed by atoms with van der Waals surface area (Å²) in [5, 5.41) is 0. The van der Waals surface area contributed by atoms with Gasteiger partial charge in [-0.05, 0) is 31.2 Å². The normalized spacial score (nSPS) is 14.5. The van der Waals surface area contributed by atoms with Crippen LogP contribution in [0.2, 0.25) is 0 Å². The van der Waals surface area contributed by atoms with Gasteiger partial charge in [-0.2, -0.15) is 65.9 Å². The SMILES string of the molecule is CCCCCCOc1cnc(-c2ccc(CCCCC(F)COCC(F)(F)OC(F)(F)C(F)(F)OC(F)(F)C(F)(F)C(F)(F)C(F)(F)F)cc2)nc1. The van der Waals surface area contributed by atoms with Crippen molar-refractivity contribution in [2.24, 2.45) is 0 Å². The van der Waals surface area contributed by atoms with Gasteiger partial charge >= 0.3 is 42.5 Å². The van der Waals surface area contributed by atoms with Crippen molar-refractivity contribution in [3.63, 3.8) is 0 Å². The standard InChI is InChI=1S/C30H32F16N2O4/c1-2-3-4-7-14-50-22-15-47-23(48-16-22)20-12-10-19(11-13-20)8-5-6-9-21(31)17-49-18-24(32,33)51-29(43,44)30(45,46)52-28(41,42)26(36,37)25(34,35)27(38,39)40/h10-13,15-16,21H,2-9,14,17-18H2,1H3. The van der Waals surface area contributed by atoms with E-state index < -0.39 is 61.8 Å².